The molecule has 3 nitrogen and oxygen atoms in total. The highest BCUT2D eigenvalue weighted by Gasteiger charge is 2.40. The topological polar surface area (TPSA) is 32.3 Å². The molecule has 0 aliphatic carbocycles. The van der Waals surface area contributed by atoms with Crippen LogP contribution in [0.4, 0.5) is 0 Å². The fourth-order valence-corrected chi connectivity index (χ4v) is 2.98. The lowest BCUT2D eigenvalue weighted by Crippen LogP contribution is -2.34. The Morgan fingerprint density at radius 1 is 1.53 bits per heavy atom. The van der Waals surface area contributed by atoms with Gasteiger partial charge in [0.15, 0.2) is 0 Å². The van der Waals surface area contributed by atoms with E-state index in [9.17, 15) is 4.79 Å². The zero-order valence-corrected chi connectivity index (χ0v) is 11.5. The van der Waals surface area contributed by atoms with E-state index in [0.717, 1.165) is 13.0 Å². The van der Waals surface area contributed by atoms with Crippen molar-refractivity contribution in [3.63, 3.8) is 0 Å². The fourth-order valence-electron chi connectivity index (χ4n) is 2.30. The minimum absolute atomic E-state index is 0.0357. The molecule has 0 bridgehead atoms. The van der Waals surface area contributed by atoms with Gasteiger partial charge in [0.25, 0.3) is 0 Å². The third kappa shape index (κ3) is 2.38. The summed E-state index contributed by atoms with van der Waals surface area (Å²) in [6.45, 7) is 7.13. The molecule has 2 atom stereocenters. The van der Waals surface area contributed by atoms with Gasteiger partial charge in [0.05, 0.1) is 6.04 Å². The van der Waals surface area contributed by atoms with Gasteiger partial charge in [0.1, 0.15) is 6.17 Å². The monoisotopic (exact) mass is 252 g/mol. The Kier molecular flexibility index (Phi) is 3.84. The minimum atomic E-state index is -0.0357. The SMILES string of the molecule is CCCN1C(=O)C(C(C)C)NC1c1ccsc1. The van der Waals surface area contributed by atoms with Gasteiger partial charge in [0, 0.05) is 6.54 Å². The van der Waals surface area contributed by atoms with E-state index in [0.29, 0.717) is 5.92 Å². The number of carbonyl (C=O) groups excluding carboxylic acids is 1. The molecule has 17 heavy (non-hydrogen) atoms. The normalized spacial score (nSPS) is 24.9. The summed E-state index contributed by atoms with van der Waals surface area (Å²) in [6.07, 6.45) is 1.07. The molecular weight excluding hydrogens is 232 g/mol. The highest BCUT2D eigenvalue weighted by molar-refractivity contribution is 7.07. The van der Waals surface area contributed by atoms with Crippen molar-refractivity contribution in [2.24, 2.45) is 5.92 Å². The lowest BCUT2D eigenvalue weighted by atomic mass is 10.1. The molecule has 1 aliphatic heterocycles. The first kappa shape index (κ1) is 12.6. The van der Waals surface area contributed by atoms with E-state index in [1.165, 1.54) is 5.56 Å². The predicted octanol–water partition coefficient (Wildman–Crippen LogP) is 2.61. The predicted molar refractivity (Wildman–Crippen MR) is 70.8 cm³/mol. The molecule has 2 rings (SSSR count). The number of amides is 1. The number of hydrogen-bond acceptors (Lipinski definition) is 3. The van der Waals surface area contributed by atoms with Crippen LogP contribution in [0.25, 0.3) is 0 Å². The van der Waals surface area contributed by atoms with Crippen molar-refractivity contribution in [1.29, 1.82) is 0 Å². The molecule has 1 aromatic rings. The number of thiophene rings is 1. The van der Waals surface area contributed by atoms with Crippen molar-refractivity contribution < 1.29 is 4.79 Å². The molecule has 0 spiro atoms. The van der Waals surface area contributed by atoms with Crippen LogP contribution in [0.1, 0.15) is 38.9 Å². The smallest absolute Gasteiger partial charge is 0.241 e. The van der Waals surface area contributed by atoms with E-state index < -0.39 is 0 Å². The molecule has 1 aliphatic rings. The van der Waals surface area contributed by atoms with Gasteiger partial charge in [0.2, 0.25) is 5.91 Å². The van der Waals surface area contributed by atoms with Crippen molar-refractivity contribution in [3.05, 3.63) is 22.4 Å². The van der Waals surface area contributed by atoms with E-state index in [2.05, 4.69) is 42.9 Å². The van der Waals surface area contributed by atoms with Crippen molar-refractivity contribution in [2.45, 2.75) is 39.4 Å². The lowest BCUT2D eigenvalue weighted by Gasteiger charge is -2.22. The van der Waals surface area contributed by atoms with E-state index in [1.807, 2.05) is 4.90 Å². The number of nitrogens with zero attached hydrogens (tertiary/aromatic N) is 1. The first-order valence-electron chi connectivity index (χ1n) is 6.23. The molecule has 4 heteroatoms. The molecule has 1 fully saturated rings. The lowest BCUT2D eigenvalue weighted by molar-refractivity contribution is -0.130. The molecule has 1 saturated heterocycles. The van der Waals surface area contributed by atoms with Gasteiger partial charge in [-0.1, -0.05) is 20.8 Å². The Balaban J connectivity index is 2.22. The Bertz CT molecular complexity index is 375. The largest absolute Gasteiger partial charge is 0.322 e. The van der Waals surface area contributed by atoms with Gasteiger partial charge in [-0.25, -0.2) is 0 Å². The van der Waals surface area contributed by atoms with Gasteiger partial charge in [-0.3, -0.25) is 10.1 Å². The summed E-state index contributed by atoms with van der Waals surface area (Å²) in [5.41, 5.74) is 1.21. The van der Waals surface area contributed by atoms with Crippen molar-refractivity contribution in [2.75, 3.05) is 6.54 Å². The first-order valence-corrected chi connectivity index (χ1v) is 7.18. The Morgan fingerprint density at radius 3 is 2.82 bits per heavy atom. The molecule has 2 heterocycles. The zero-order valence-electron chi connectivity index (χ0n) is 10.6. The maximum absolute atomic E-state index is 12.3. The van der Waals surface area contributed by atoms with E-state index in [1.54, 1.807) is 11.3 Å². The number of rotatable bonds is 4. The molecule has 0 saturated carbocycles. The molecule has 1 amide bonds. The van der Waals surface area contributed by atoms with Gasteiger partial charge >= 0.3 is 0 Å². The van der Waals surface area contributed by atoms with Crippen LogP contribution in [0, 0.1) is 5.92 Å². The summed E-state index contributed by atoms with van der Waals surface area (Å²) in [6, 6.07) is 2.06. The van der Waals surface area contributed by atoms with E-state index in [-0.39, 0.29) is 18.1 Å². The van der Waals surface area contributed by atoms with Gasteiger partial charge < -0.3 is 4.90 Å². The zero-order chi connectivity index (χ0) is 12.4. The average molecular weight is 252 g/mol. The van der Waals surface area contributed by atoms with Crippen molar-refractivity contribution >= 4 is 17.2 Å². The standard InChI is InChI=1S/C13H20N2OS/c1-4-6-15-12(10-5-7-17-8-10)14-11(9(2)3)13(15)16/h5,7-9,11-12,14H,4,6H2,1-3H3. The molecule has 1 aromatic heterocycles. The van der Waals surface area contributed by atoms with Crippen LogP contribution in [0.3, 0.4) is 0 Å². The maximum atomic E-state index is 12.3. The van der Waals surface area contributed by atoms with Gasteiger partial charge in [-0.2, -0.15) is 11.3 Å². The Morgan fingerprint density at radius 2 is 2.29 bits per heavy atom. The number of nitrogens with one attached hydrogen (secondary N) is 1. The first-order chi connectivity index (χ1) is 8.15. The van der Waals surface area contributed by atoms with Crippen LogP contribution < -0.4 is 5.32 Å². The van der Waals surface area contributed by atoms with Crippen LogP contribution >= 0.6 is 11.3 Å². The van der Waals surface area contributed by atoms with Crippen LogP contribution in [0.2, 0.25) is 0 Å². The second-order valence-corrected chi connectivity index (χ2v) is 5.66. The van der Waals surface area contributed by atoms with Crippen LogP contribution in [0.5, 0.6) is 0 Å². The van der Waals surface area contributed by atoms with Crippen LogP contribution in [-0.2, 0) is 4.79 Å². The molecule has 94 valence electrons. The van der Waals surface area contributed by atoms with Gasteiger partial charge in [-0.15, -0.1) is 0 Å². The number of hydrogen-bond donors (Lipinski definition) is 1. The Hall–Kier alpha value is -0.870. The quantitative estimate of drug-likeness (QED) is 0.893. The molecular formula is C13H20N2OS. The maximum Gasteiger partial charge on any atom is 0.241 e. The molecule has 2 unspecified atom stereocenters. The highest BCUT2D eigenvalue weighted by atomic mass is 32.1. The van der Waals surface area contributed by atoms with Gasteiger partial charge in [-0.05, 0) is 34.7 Å². The Labute approximate surface area is 107 Å². The van der Waals surface area contributed by atoms with Crippen molar-refractivity contribution in [1.82, 2.24) is 10.2 Å². The van der Waals surface area contributed by atoms with E-state index in [4.69, 9.17) is 0 Å². The third-order valence-corrected chi connectivity index (χ3v) is 3.89. The summed E-state index contributed by atoms with van der Waals surface area (Å²) in [5, 5.41) is 7.65. The average Bonchev–Trinajstić information content (AvgIpc) is 2.88. The minimum Gasteiger partial charge on any atom is -0.322 e. The van der Waals surface area contributed by atoms with Crippen LogP contribution in [-0.4, -0.2) is 23.4 Å². The van der Waals surface area contributed by atoms with Crippen LogP contribution in [0.15, 0.2) is 16.8 Å². The second-order valence-electron chi connectivity index (χ2n) is 4.88. The fraction of sp³-hybridized carbons (Fsp3) is 0.615. The summed E-state index contributed by atoms with van der Waals surface area (Å²) in [4.78, 5) is 14.3. The summed E-state index contributed by atoms with van der Waals surface area (Å²) in [7, 11) is 0. The van der Waals surface area contributed by atoms with Crippen molar-refractivity contribution in [3.8, 4) is 0 Å². The summed E-state index contributed by atoms with van der Waals surface area (Å²) < 4.78 is 0. The molecule has 0 radical (unpaired) electrons. The summed E-state index contributed by atoms with van der Waals surface area (Å²) >= 11 is 1.68. The third-order valence-electron chi connectivity index (χ3n) is 3.19. The highest BCUT2D eigenvalue weighted by Crippen LogP contribution is 2.29. The molecule has 1 N–H and O–H groups in total. The summed E-state index contributed by atoms with van der Waals surface area (Å²) in [5.74, 6) is 0.587. The molecule has 0 aromatic carbocycles. The second kappa shape index (κ2) is 5.19. The van der Waals surface area contributed by atoms with E-state index >= 15 is 0 Å². The number of carbonyl (C=O) groups is 1.